The van der Waals surface area contributed by atoms with Crippen molar-refractivity contribution >= 4 is 46.2 Å². The highest BCUT2D eigenvalue weighted by molar-refractivity contribution is 8.18. The number of hydrogen-bond acceptors (Lipinski definition) is 4. The smallest absolute Gasteiger partial charge is 0.264 e. The number of carbonyl (C=O) groups is 1. The van der Waals surface area contributed by atoms with Crippen LogP contribution < -0.4 is 10.1 Å². The fraction of sp³-hybridized carbons (Fsp3) is 0.111. The molecule has 0 saturated carbocycles. The predicted molar refractivity (Wildman–Crippen MR) is 100.0 cm³/mol. The third kappa shape index (κ3) is 3.80. The Morgan fingerprint density at radius 1 is 1.21 bits per heavy atom. The second-order valence-corrected chi connectivity index (χ2v) is 6.63. The Bertz CT molecular complexity index is 845. The summed E-state index contributed by atoms with van der Waals surface area (Å²) in [6.45, 7) is 1.93. The third-order valence-corrected chi connectivity index (χ3v) is 4.77. The summed E-state index contributed by atoms with van der Waals surface area (Å²) < 4.78 is 5.13. The van der Waals surface area contributed by atoms with Gasteiger partial charge in [-0.25, -0.2) is 4.99 Å². The summed E-state index contributed by atoms with van der Waals surface area (Å²) >= 11 is 7.41. The molecule has 0 unspecified atom stereocenters. The molecule has 1 N–H and O–H groups in total. The van der Waals surface area contributed by atoms with E-state index in [-0.39, 0.29) is 5.91 Å². The lowest BCUT2D eigenvalue weighted by Gasteiger charge is -2.00. The van der Waals surface area contributed by atoms with E-state index < -0.39 is 0 Å². The first-order valence-corrected chi connectivity index (χ1v) is 8.44. The van der Waals surface area contributed by atoms with Crippen LogP contribution in [0.3, 0.4) is 0 Å². The van der Waals surface area contributed by atoms with Crippen LogP contribution in [-0.4, -0.2) is 18.2 Å². The van der Waals surface area contributed by atoms with Crippen LogP contribution in [0, 0.1) is 6.92 Å². The molecule has 3 rings (SSSR count). The number of nitrogens with one attached hydrogen (secondary N) is 1. The molecular weight excluding hydrogens is 344 g/mol. The largest absolute Gasteiger partial charge is 0.497 e. The molecule has 6 heteroatoms. The van der Waals surface area contributed by atoms with Gasteiger partial charge in [-0.1, -0.05) is 29.8 Å². The summed E-state index contributed by atoms with van der Waals surface area (Å²) in [5, 5.41) is 3.96. The molecule has 2 aromatic carbocycles. The normalized spacial score (nSPS) is 17.4. The monoisotopic (exact) mass is 358 g/mol. The number of benzene rings is 2. The molecule has 1 aliphatic rings. The van der Waals surface area contributed by atoms with Crippen LogP contribution in [0.2, 0.25) is 5.02 Å². The number of amides is 1. The van der Waals surface area contributed by atoms with E-state index in [1.54, 1.807) is 13.2 Å². The van der Waals surface area contributed by atoms with Gasteiger partial charge >= 0.3 is 0 Å². The van der Waals surface area contributed by atoms with Crippen LogP contribution in [-0.2, 0) is 4.79 Å². The molecule has 0 aliphatic carbocycles. The van der Waals surface area contributed by atoms with E-state index in [2.05, 4.69) is 10.3 Å². The predicted octanol–water partition coefficient (Wildman–Crippen LogP) is 4.55. The average Bonchev–Trinajstić information content (AvgIpc) is 2.91. The zero-order chi connectivity index (χ0) is 17.1. The number of rotatable bonds is 3. The quantitative estimate of drug-likeness (QED) is 0.819. The van der Waals surface area contributed by atoms with Gasteiger partial charge in [0.25, 0.3) is 5.91 Å². The van der Waals surface area contributed by atoms with Crippen molar-refractivity contribution in [1.82, 2.24) is 5.32 Å². The van der Waals surface area contributed by atoms with Crippen molar-refractivity contribution in [1.29, 1.82) is 0 Å². The Balaban J connectivity index is 1.80. The van der Waals surface area contributed by atoms with Crippen molar-refractivity contribution in [2.45, 2.75) is 6.92 Å². The van der Waals surface area contributed by atoms with Gasteiger partial charge in [-0.3, -0.25) is 4.79 Å². The van der Waals surface area contributed by atoms with Gasteiger partial charge in [0.15, 0.2) is 5.17 Å². The molecule has 0 spiro atoms. The van der Waals surface area contributed by atoms with Crippen LogP contribution >= 0.6 is 23.4 Å². The van der Waals surface area contributed by atoms with Crippen molar-refractivity contribution in [3.05, 3.63) is 63.5 Å². The van der Waals surface area contributed by atoms with Crippen molar-refractivity contribution in [2.24, 2.45) is 4.99 Å². The second-order valence-electron chi connectivity index (χ2n) is 5.19. The highest BCUT2D eigenvalue weighted by Crippen LogP contribution is 2.29. The molecular formula is C18H15ClN2O2S. The molecule has 0 aromatic heterocycles. The van der Waals surface area contributed by atoms with Gasteiger partial charge in [-0.2, -0.15) is 0 Å². The van der Waals surface area contributed by atoms with Crippen LogP contribution in [0.5, 0.6) is 5.75 Å². The zero-order valence-electron chi connectivity index (χ0n) is 13.2. The van der Waals surface area contributed by atoms with Crippen molar-refractivity contribution in [3.63, 3.8) is 0 Å². The molecule has 1 amide bonds. The zero-order valence-corrected chi connectivity index (χ0v) is 14.7. The Morgan fingerprint density at radius 3 is 2.62 bits per heavy atom. The van der Waals surface area contributed by atoms with Crippen molar-refractivity contribution < 1.29 is 9.53 Å². The highest BCUT2D eigenvalue weighted by atomic mass is 35.5. The molecule has 122 valence electrons. The van der Waals surface area contributed by atoms with Crippen molar-refractivity contribution in [2.75, 3.05) is 7.11 Å². The highest BCUT2D eigenvalue weighted by Gasteiger charge is 2.23. The number of carbonyl (C=O) groups excluding carboxylic acids is 1. The summed E-state index contributed by atoms with van der Waals surface area (Å²) in [5.41, 5.74) is 2.62. The fourth-order valence-corrected chi connectivity index (χ4v) is 3.12. The number of aliphatic imine (C=N–C) groups is 1. The Labute approximate surface area is 149 Å². The first kappa shape index (κ1) is 16.6. The van der Waals surface area contributed by atoms with Crippen molar-refractivity contribution in [3.8, 4) is 5.75 Å². The van der Waals surface area contributed by atoms with E-state index in [0.717, 1.165) is 16.9 Å². The number of aryl methyl sites for hydroxylation is 1. The maximum atomic E-state index is 12.1. The van der Waals surface area contributed by atoms with Crippen LogP contribution in [0.4, 0.5) is 5.69 Å². The van der Waals surface area contributed by atoms with E-state index >= 15 is 0 Å². The third-order valence-electron chi connectivity index (χ3n) is 3.45. The van der Waals surface area contributed by atoms with Crippen LogP contribution in [0.25, 0.3) is 6.08 Å². The van der Waals surface area contributed by atoms with E-state index in [1.165, 1.54) is 11.8 Å². The molecule has 1 fully saturated rings. The van der Waals surface area contributed by atoms with Gasteiger partial charge in [0, 0.05) is 5.02 Å². The lowest BCUT2D eigenvalue weighted by atomic mass is 10.2. The standard InChI is InChI=1S/C18H15ClN2O2S/c1-11-3-6-13(10-15(11)19)20-18-21-17(22)16(24-18)9-12-4-7-14(23-2)8-5-12/h3-10H,1-2H3,(H,20,21,22)/b16-9-. The Kier molecular flexibility index (Phi) is 4.92. The van der Waals surface area contributed by atoms with Gasteiger partial charge in [-0.05, 0) is 60.2 Å². The molecule has 1 heterocycles. The summed E-state index contributed by atoms with van der Waals surface area (Å²) in [6, 6.07) is 13.1. The number of amidine groups is 1. The van der Waals surface area contributed by atoms with Gasteiger partial charge < -0.3 is 10.1 Å². The molecule has 4 nitrogen and oxygen atoms in total. The fourth-order valence-electron chi connectivity index (χ4n) is 2.10. The molecule has 0 bridgehead atoms. The maximum Gasteiger partial charge on any atom is 0.264 e. The minimum absolute atomic E-state index is 0.159. The van der Waals surface area contributed by atoms with Gasteiger partial charge in [0.2, 0.25) is 0 Å². The van der Waals surface area contributed by atoms with Gasteiger partial charge in [0.05, 0.1) is 17.7 Å². The molecule has 0 atom stereocenters. The topological polar surface area (TPSA) is 50.7 Å². The minimum Gasteiger partial charge on any atom is -0.497 e. The summed E-state index contributed by atoms with van der Waals surface area (Å²) in [4.78, 5) is 17.1. The van der Waals surface area contributed by atoms with Crippen LogP contribution in [0.1, 0.15) is 11.1 Å². The Hall–Kier alpha value is -2.24. The minimum atomic E-state index is -0.159. The first-order valence-electron chi connectivity index (χ1n) is 7.25. The number of halogens is 1. The van der Waals surface area contributed by atoms with E-state index in [4.69, 9.17) is 16.3 Å². The van der Waals surface area contributed by atoms with E-state index in [0.29, 0.717) is 20.8 Å². The number of hydrogen-bond donors (Lipinski definition) is 1. The lowest BCUT2D eigenvalue weighted by molar-refractivity contribution is -0.115. The maximum absolute atomic E-state index is 12.1. The summed E-state index contributed by atoms with van der Waals surface area (Å²) in [6.07, 6.45) is 1.82. The SMILES string of the molecule is COc1ccc(/C=C2\SC(=Nc3ccc(C)c(Cl)c3)NC2=O)cc1. The van der Waals surface area contributed by atoms with Gasteiger partial charge in [-0.15, -0.1) is 0 Å². The summed E-state index contributed by atoms with van der Waals surface area (Å²) in [7, 11) is 1.62. The molecule has 0 radical (unpaired) electrons. The number of thioether (sulfide) groups is 1. The average molecular weight is 359 g/mol. The number of nitrogens with zero attached hydrogens (tertiary/aromatic N) is 1. The second kappa shape index (κ2) is 7.11. The van der Waals surface area contributed by atoms with E-state index in [9.17, 15) is 4.79 Å². The number of methoxy groups -OCH3 is 1. The molecule has 2 aromatic rings. The summed E-state index contributed by atoms with van der Waals surface area (Å²) in [5.74, 6) is 0.618. The van der Waals surface area contributed by atoms with Gasteiger partial charge in [0.1, 0.15) is 5.75 Å². The Morgan fingerprint density at radius 2 is 1.96 bits per heavy atom. The van der Waals surface area contributed by atoms with Crippen LogP contribution in [0.15, 0.2) is 52.4 Å². The van der Waals surface area contributed by atoms with E-state index in [1.807, 2.05) is 49.4 Å². The molecule has 1 saturated heterocycles. The lowest BCUT2D eigenvalue weighted by Crippen LogP contribution is -2.19. The molecule has 24 heavy (non-hydrogen) atoms. The number of ether oxygens (including phenoxy) is 1. The first-order chi connectivity index (χ1) is 11.5. The molecule has 1 aliphatic heterocycles.